The van der Waals surface area contributed by atoms with E-state index in [1.165, 1.54) is 6.07 Å². The molecule has 0 aliphatic carbocycles. The highest BCUT2D eigenvalue weighted by atomic mass is 127. The maximum Gasteiger partial charge on any atom is 0.126 e. The topological polar surface area (TPSA) is 20.2 Å². The van der Waals surface area contributed by atoms with Gasteiger partial charge in [0.15, 0.2) is 0 Å². The van der Waals surface area contributed by atoms with Crippen molar-refractivity contribution < 1.29 is 9.50 Å². The van der Waals surface area contributed by atoms with Crippen LogP contribution in [0.15, 0.2) is 40.9 Å². The molecule has 18 heavy (non-hydrogen) atoms. The summed E-state index contributed by atoms with van der Waals surface area (Å²) in [5, 5.41) is 10.4. The zero-order valence-corrected chi connectivity index (χ0v) is 13.4. The normalized spacial score (nSPS) is 12.5. The number of aliphatic hydroxyl groups is 1. The van der Waals surface area contributed by atoms with Crippen molar-refractivity contribution >= 4 is 38.5 Å². The highest BCUT2D eigenvalue weighted by Crippen LogP contribution is 2.30. The molecular weight excluding hydrogens is 410 g/mol. The molecule has 94 valence electrons. The molecule has 0 aliphatic heterocycles. The van der Waals surface area contributed by atoms with Crippen LogP contribution in [0.1, 0.15) is 22.8 Å². The molecule has 0 saturated heterocycles. The van der Waals surface area contributed by atoms with E-state index in [9.17, 15) is 9.50 Å². The highest BCUT2D eigenvalue weighted by Gasteiger charge is 2.15. The largest absolute Gasteiger partial charge is 0.384 e. The number of benzene rings is 2. The van der Waals surface area contributed by atoms with Crippen LogP contribution in [0.3, 0.4) is 0 Å². The summed E-state index contributed by atoms with van der Waals surface area (Å²) in [5.41, 5.74) is 2.01. The van der Waals surface area contributed by atoms with Gasteiger partial charge >= 0.3 is 0 Å². The van der Waals surface area contributed by atoms with E-state index in [0.717, 1.165) is 13.6 Å². The summed E-state index contributed by atoms with van der Waals surface area (Å²) in [6, 6.07) is 10.4. The van der Waals surface area contributed by atoms with Crippen molar-refractivity contribution in [3.63, 3.8) is 0 Å². The Labute approximate surface area is 127 Å². The quantitative estimate of drug-likeness (QED) is 0.705. The third-order valence-corrected chi connectivity index (χ3v) is 4.14. The van der Waals surface area contributed by atoms with E-state index < -0.39 is 6.10 Å². The highest BCUT2D eigenvalue weighted by molar-refractivity contribution is 14.1. The molecule has 2 rings (SSSR count). The first-order chi connectivity index (χ1) is 8.49. The van der Waals surface area contributed by atoms with Gasteiger partial charge in [0.05, 0.1) is 0 Å². The van der Waals surface area contributed by atoms with E-state index in [1.807, 2.05) is 18.2 Å². The number of hydrogen-bond donors (Lipinski definition) is 1. The summed E-state index contributed by atoms with van der Waals surface area (Å²) in [6.07, 6.45) is -0.756. The number of aliphatic hydroxyl groups excluding tert-OH is 1. The van der Waals surface area contributed by atoms with E-state index in [1.54, 1.807) is 19.1 Å². The fraction of sp³-hybridized carbons (Fsp3) is 0.143. The molecule has 1 N–H and O–H groups in total. The molecule has 0 radical (unpaired) electrons. The molecule has 0 heterocycles. The molecule has 0 amide bonds. The molecule has 0 saturated carbocycles. The van der Waals surface area contributed by atoms with Crippen molar-refractivity contribution in [1.29, 1.82) is 0 Å². The Bertz CT molecular complexity index is 586. The molecule has 0 spiro atoms. The molecule has 0 aliphatic rings. The standard InChI is InChI=1S/C14H11BrFIO/c1-8-6-9(2-5-13(8)16)14(18)11-7-10(17)3-4-12(11)15/h2-7,14,18H,1H3. The van der Waals surface area contributed by atoms with Crippen molar-refractivity contribution in [2.24, 2.45) is 0 Å². The first-order valence-corrected chi connectivity index (χ1v) is 7.25. The molecule has 1 atom stereocenters. The van der Waals surface area contributed by atoms with Crippen molar-refractivity contribution in [2.45, 2.75) is 13.0 Å². The SMILES string of the molecule is Cc1cc(C(O)c2cc(I)ccc2Br)ccc1F. The minimum Gasteiger partial charge on any atom is -0.384 e. The van der Waals surface area contributed by atoms with E-state index >= 15 is 0 Å². The second kappa shape index (κ2) is 5.67. The average Bonchev–Trinajstić information content (AvgIpc) is 2.35. The monoisotopic (exact) mass is 420 g/mol. The summed E-state index contributed by atoms with van der Waals surface area (Å²) >= 11 is 5.62. The minimum absolute atomic E-state index is 0.257. The second-order valence-corrected chi connectivity index (χ2v) is 6.18. The zero-order valence-electron chi connectivity index (χ0n) is 9.62. The molecule has 0 bridgehead atoms. The molecule has 2 aromatic rings. The predicted octanol–water partition coefficient (Wildman–Crippen LogP) is 4.58. The number of rotatable bonds is 2. The van der Waals surface area contributed by atoms with Crippen molar-refractivity contribution in [3.8, 4) is 0 Å². The van der Waals surface area contributed by atoms with Crippen LogP contribution < -0.4 is 0 Å². The van der Waals surface area contributed by atoms with Gasteiger partial charge in [-0.1, -0.05) is 28.1 Å². The molecule has 1 unspecified atom stereocenters. The zero-order chi connectivity index (χ0) is 13.3. The van der Waals surface area contributed by atoms with Crippen LogP contribution >= 0.6 is 38.5 Å². The molecule has 4 heteroatoms. The van der Waals surface area contributed by atoms with Gasteiger partial charge in [-0.2, -0.15) is 0 Å². The Morgan fingerprint density at radius 1 is 1.22 bits per heavy atom. The fourth-order valence-electron chi connectivity index (χ4n) is 1.74. The number of halogens is 3. The molecule has 0 fully saturated rings. The fourth-order valence-corrected chi connectivity index (χ4v) is 2.72. The van der Waals surface area contributed by atoms with Gasteiger partial charge in [0.1, 0.15) is 11.9 Å². The lowest BCUT2D eigenvalue weighted by atomic mass is 10.00. The third-order valence-electron chi connectivity index (χ3n) is 2.75. The lowest BCUT2D eigenvalue weighted by Gasteiger charge is -2.14. The van der Waals surface area contributed by atoms with Crippen molar-refractivity contribution in [3.05, 3.63) is 66.9 Å². The van der Waals surface area contributed by atoms with Gasteiger partial charge in [-0.05, 0) is 64.9 Å². The van der Waals surface area contributed by atoms with Crippen molar-refractivity contribution in [1.82, 2.24) is 0 Å². The number of aryl methyl sites for hydroxylation is 1. The van der Waals surface area contributed by atoms with Crippen LogP contribution in [-0.4, -0.2) is 5.11 Å². The second-order valence-electron chi connectivity index (χ2n) is 4.08. The Balaban J connectivity index is 2.44. The summed E-state index contributed by atoms with van der Waals surface area (Å²) < 4.78 is 15.1. The maximum atomic E-state index is 13.2. The lowest BCUT2D eigenvalue weighted by molar-refractivity contribution is 0.219. The van der Waals surface area contributed by atoms with E-state index in [-0.39, 0.29) is 5.82 Å². The van der Waals surface area contributed by atoms with Gasteiger partial charge in [0.25, 0.3) is 0 Å². The predicted molar refractivity (Wildman–Crippen MR) is 82.1 cm³/mol. The summed E-state index contributed by atoms with van der Waals surface area (Å²) in [5.74, 6) is -0.257. The summed E-state index contributed by atoms with van der Waals surface area (Å²) in [6.45, 7) is 1.69. The van der Waals surface area contributed by atoms with Gasteiger partial charge in [0, 0.05) is 13.6 Å². The van der Waals surface area contributed by atoms with Gasteiger partial charge in [0.2, 0.25) is 0 Å². The van der Waals surface area contributed by atoms with E-state index in [4.69, 9.17) is 0 Å². The average molecular weight is 421 g/mol. The lowest BCUT2D eigenvalue weighted by Crippen LogP contribution is -2.02. The first-order valence-electron chi connectivity index (χ1n) is 5.38. The number of hydrogen-bond acceptors (Lipinski definition) is 1. The third kappa shape index (κ3) is 2.92. The van der Waals surface area contributed by atoms with Crippen LogP contribution in [0.25, 0.3) is 0 Å². The van der Waals surface area contributed by atoms with Crippen molar-refractivity contribution in [2.75, 3.05) is 0 Å². The summed E-state index contributed by atoms with van der Waals surface area (Å²) in [4.78, 5) is 0. The van der Waals surface area contributed by atoms with E-state index in [2.05, 4.69) is 38.5 Å². The maximum absolute atomic E-state index is 13.2. The van der Waals surface area contributed by atoms with Gasteiger partial charge in [-0.25, -0.2) is 4.39 Å². The summed E-state index contributed by atoms with van der Waals surface area (Å²) in [7, 11) is 0. The molecule has 2 aromatic carbocycles. The first kappa shape index (κ1) is 14.0. The van der Waals surface area contributed by atoms with Gasteiger partial charge < -0.3 is 5.11 Å². The minimum atomic E-state index is -0.756. The van der Waals surface area contributed by atoms with Gasteiger partial charge in [-0.15, -0.1) is 0 Å². The Morgan fingerprint density at radius 3 is 2.61 bits per heavy atom. The molecule has 0 aromatic heterocycles. The van der Waals surface area contributed by atoms with Crippen LogP contribution in [0.5, 0.6) is 0 Å². The Morgan fingerprint density at radius 2 is 1.94 bits per heavy atom. The molecular formula is C14H11BrFIO. The molecule has 1 nitrogen and oxygen atoms in total. The van der Waals surface area contributed by atoms with E-state index in [0.29, 0.717) is 11.1 Å². The van der Waals surface area contributed by atoms with Gasteiger partial charge in [-0.3, -0.25) is 0 Å². The van der Waals surface area contributed by atoms with Crippen LogP contribution in [0.4, 0.5) is 4.39 Å². The van der Waals surface area contributed by atoms with Crippen LogP contribution in [0.2, 0.25) is 0 Å². The Kier molecular flexibility index (Phi) is 4.40. The van der Waals surface area contributed by atoms with Crippen LogP contribution in [-0.2, 0) is 0 Å². The van der Waals surface area contributed by atoms with Crippen LogP contribution in [0, 0.1) is 16.3 Å². The Hall–Kier alpha value is -0.460. The smallest absolute Gasteiger partial charge is 0.126 e.